The van der Waals surface area contributed by atoms with Crippen LogP contribution in [0.15, 0.2) is 48.5 Å². The van der Waals surface area contributed by atoms with Crippen molar-refractivity contribution >= 4 is 15.7 Å². The van der Waals surface area contributed by atoms with Crippen molar-refractivity contribution in [2.75, 3.05) is 11.5 Å². The zero-order valence-electron chi connectivity index (χ0n) is 12.9. The summed E-state index contributed by atoms with van der Waals surface area (Å²) in [6.45, 7) is 0. The summed E-state index contributed by atoms with van der Waals surface area (Å²) in [5.74, 6) is 0.810. The second kappa shape index (κ2) is 5.63. The predicted octanol–water partition coefficient (Wildman–Crippen LogP) is 2.23. The molecule has 0 aromatic heterocycles. The minimum Gasteiger partial charge on any atom is -0.457 e. The first-order chi connectivity index (χ1) is 11.5. The van der Waals surface area contributed by atoms with Crippen molar-refractivity contribution in [1.82, 2.24) is 5.32 Å². The Morgan fingerprint density at radius 2 is 1.58 bits per heavy atom. The van der Waals surface area contributed by atoms with Gasteiger partial charge in [0.1, 0.15) is 11.5 Å². The number of carbonyl (C=O) groups is 1. The Morgan fingerprint density at radius 3 is 2.12 bits per heavy atom. The molecular weight excluding hydrogens is 326 g/mol. The van der Waals surface area contributed by atoms with E-state index in [-0.39, 0.29) is 23.5 Å². The van der Waals surface area contributed by atoms with Crippen LogP contribution < -0.4 is 10.1 Å². The fourth-order valence-corrected chi connectivity index (χ4v) is 5.06. The van der Waals surface area contributed by atoms with Crippen LogP contribution in [0.3, 0.4) is 0 Å². The second-order valence-electron chi connectivity index (χ2n) is 6.22. The number of hydrogen-bond acceptors (Lipinski definition) is 4. The summed E-state index contributed by atoms with van der Waals surface area (Å²) in [6.07, 6.45) is 0.473. The van der Waals surface area contributed by atoms with Crippen LogP contribution in [0.1, 0.15) is 23.5 Å². The quantitative estimate of drug-likeness (QED) is 0.907. The van der Waals surface area contributed by atoms with Crippen LogP contribution in [0.25, 0.3) is 0 Å². The third-order valence-electron chi connectivity index (χ3n) is 4.52. The molecule has 2 heterocycles. The normalized spacial score (nSPS) is 21.4. The number of ether oxygens (including phenoxy) is 1. The smallest absolute Gasteiger partial charge is 0.232 e. The van der Waals surface area contributed by atoms with E-state index in [2.05, 4.69) is 5.32 Å². The molecule has 0 saturated carbocycles. The summed E-state index contributed by atoms with van der Waals surface area (Å²) in [6, 6.07) is 14.6. The van der Waals surface area contributed by atoms with E-state index in [1.165, 1.54) is 0 Å². The summed E-state index contributed by atoms with van der Waals surface area (Å²) in [5, 5.41) is 2.91. The number of sulfone groups is 1. The number of hydrogen-bond donors (Lipinski definition) is 1. The minimum atomic E-state index is -3.03. The predicted molar refractivity (Wildman–Crippen MR) is 90.0 cm³/mol. The molecule has 1 atom stereocenters. The van der Waals surface area contributed by atoms with Crippen LogP contribution in [0.2, 0.25) is 0 Å². The van der Waals surface area contributed by atoms with Crippen LogP contribution in [0, 0.1) is 0 Å². The molecule has 124 valence electrons. The Bertz CT molecular complexity index is 861. The number of nitrogens with one attached hydrogen (secondary N) is 1. The summed E-state index contributed by atoms with van der Waals surface area (Å²) in [5.41, 5.74) is 1.60. The van der Waals surface area contributed by atoms with Crippen molar-refractivity contribution in [3.05, 3.63) is 59.7 Å². The first kappa shape index (κ1) is 15.2. The number of rotatable bonds is 2. The van der Waals surface area contributed by atoms with Gasteiger partial charge in [-0.3, -0.25) is 4.79 Å². The van der Waals surface area contributed by atoms with E-state index in [0.29, 0.717) is 17.9 Å². The summed E-state index contributed by atoms with van der Waals surface area (Å²) in [7, 11) is -3.03. The molecule has 2 aliphatic heterocycles. The molecule has 0 unspecified atom stereocenters. The molecule has 0 bridgehead atoms. The van der Waals surface area contributed by atoms with Crippen LogP contribution in [0.5, 0.6) is 11.5 Å². The topological polar surface area (TPSA) is 72.5 Å². The molecule has 2 aromatic carbocycles. The maximum atomic E-state index is 12.9. The van der Waals surface area contributed by atoms with E-state index in [0.717, 1.165) is 11.1 Å². The van der Waals surface area contributed by atoms with Crippen molar-refractivity contribution in [3.63, 3.8) is 0 Å². The molecule has 1 amide bonds. The van der Waals surface area contributed by atoms with Gasteiger partial charge < -0.3 is 10.1 Å². The monoisotopic (exact) mass is 343 g/mol. The van der Waals surface area contributed by atoms with Crippen molar-refractivity contribution in [1.29, 1.82) is 0 Å². The van der Waals surface area contributed by atoms with Crippen LogP contribution in [0.4, 0.5) is 0 Å². The highest BCUT2D eigenvalue weighted by Crippen LogP contribution is 2.43. The van der Waals surface area contributed by atoms with Gasteiger partial charge in [0.25, 0.3) is 0 Å². The summed E-state index contributed by atoms with van der Waals surface area (Å²) in [4.78, 5) is 12.9. The molecular formula is C18H17NO4S. The zero-order chi connectivity index (χ0) is 16.7. The number of carbonyl (C=O) groups excluding carboxylic acids is 1. The van der Waals surface area contributed by atoms with Gasteiger partial charge in [0.2, 0.25) is 5.91 Å². The van der Waals surface area contributed by atoms with Gasteiger partial charge in [0.05, 0.1) is 17.4 Å². The summed E-state index contributed by atoms with van der Waals surface area (Å²) >= 11 is 0. The SMILES string of the molecule is O=C(N[C@H]1CCS(=O)(=O)C1)C1c2ccccc2Oc2ccccc21. The number of benzene rings is 2. The number of fused-ring (bicyclic) bond motifs is 2. The zero-order valence-corrected chi connectivity index (χ0v) is 13.8. The van der Waals surface area contributed by atoms with Crippen LogP contribution in [-0.4, -0.2) is 31.9 Å². The van der Waals surface area contributed by atoms with Gasteiger partial charge >= 0.3 is 0 Å². The highest BCUT2D eigenvalue weighted by molar-refractivity contribution is 7.91. The third-order valence-corrected chi connectivity index (χ3v) is 6.29. The van der Waals surface area contributed by atoms with Gasteiger partial charge in [-0.25, -0.2) is 8.42 Å². The highest BCUT2D eigenvalue weighted by atomic mass is 32.2. The average Bonchev–Trinajstić information content (AvgIpc) is 2.91. The van der Waals surface area contributed by atoms with E-state index < -0.39 is 15.8 Å². The van der Waals surface area contributed by atoms with Crippen LogP contribution >= 0.6 is 0 Å². The maximum Gasteiger partial charge on any atom is 0.232 e. The first-order valence-corrected chi connectivity index (χ1v) is 9.72. The summed E-state index contributed by atoms with van der Waals surface area (Å²) < 4.78 is 29.1. The molecule has 6 heteroatoms. The Balaban J connectivity index is 1.68. The van der Waals surface area contributed by atoms with Crippen molar-refractivity contribution in [3.8, 4) is 11.5 Å². The Hall–Kier alpha value is -2.34. The fourth-order valence-electron chi connectivity index (χ4n) is 3.39. The van der Waals surface area contributed by atoms with Crippen molar-refractivity contribution in [2.45, 2.75) is 18.4 Å². The Labute approximate surface area is 140 Å². The Kier molecular flexibility index (Phi) is 3.57. The molecule has 1 fully saturated rings. The van der Waals surface area contributed by atoms with Crippen molar-refractivity contribution < 1.29 is 17.9 Å². The van der Waals surface area contributed by atoms with Gasteiger partial charge in [0, 0.05) is 17.2 Å². The van der Waals surface area contributed by atoms with Crippen molar-refractivity contribution in [2.24, 2.45) is 0 Å². The van der Waals surface area contributed by atoms with Gasteiger partial charge in [0.15, 0.2) is 9.84 Å². The number of amides is 1. The van der Waals surface area contributed by atoms with Gasteiger partial charge in [-0.05, 0) is 18.6 Å². The average molecular weight is 343 g/mol. The van der Waals surface area contributed by atoms with E-state index >= 15 is 0 Å². The molecule has 0 aliphatic carbocycles. The van der Waals surface area contributed by atoms with Gasteiger partial charge in [-0.2, -0.15) is 0 Å². The lowest BCUT2D eigenvalue weighted by Gasteiger charge is -2.28. The fraction of sp³-hybridized carbons (Fsp3) is 0.278. The lowest BCUT2D eigenvalue weighted by Crippen LogP contribution is -2.39. The lowest BCUT2D eigenvalue weighted by atomic mass is 9.87. The van der Waals surface area contributed by atoms with E-state index in [1.54, 1.807) is 0 Å². The molecule has 24 heavy (non-hydrogen) atoms. The second-order valence-corrected chi connectivity index (χ2v) is 8.45. The lowest BCUT2D eigenvalue weighted by molar-refractivity contribution is -0.122. The molecule has 5 nitrogen and oxygen atoms in total. The molecule has 1 saturated heterocycles. The van der Waals surface area contributed by atoms with Crippen LogP contribution in [-0.2, 0) is 14.6 Å². The molecule has 4 rings (SSSR count). The third kappa shape index (κ3) is 2.67. The molecule has 2 aliphatic rings. The highest BCUT2D eigenvalue weighted by Gasteiger charge is 2.35. The van der Waals surface area contributed by atoms with E-state index in [9.17, 15) is 13.2 Å². The number of para-hydroxylation sites is 2. The first-order valence-electron chi connectivity index (χ1n) is 7.90. The van der Waals surface area contributed by atoms with E-state index in [1.807, 2.05) is 48.5 Å². The standard InChI is InChI=1S/C18H17NO4S/c20-18(19-12-9-10-24(21,22)11-12)17-13-5-1-3-7-15(13)23-16-8-4-2-6-14(16)17/h1-8,12,17H,9-11H2,(H,19,20)/t12-/m0/s1. The molecule has 1 N–H and O–H groups in total. The molecule has 2 aromatic rings. The van der Waals surface area contributed by atoms with E-state index in [4.69, 9.17) is 4.74 Å². The molecule has 0 radical (unpaired) electrons. The largest absolute Gasteiger partial charge is 0.457 e. The Morgan fingerprint density at radius 1 is 1.00 bits per heavy atom. The molecule has 0 spiro atoms. The van der Waals surface area contributed by atoms with Gasteiger partial charge in [-0.1, -0.05) is 36.4 Å². The maximum absolute atomic E-state index is 12.9. The van der Waals surface area contributed by atoms with Gasteiger partial charge in [-0.15, -0.1) is 0 Å². The minimum absolute atomic E-state index is 0.0191.